The Labute approximate surface area is 96.2 Å². The van der Waals surface area contributed by atoms with E-state index < -0.39 is 0 Å². The second-order valence-corrected chi connectivity index (χ2v) is 5.39. The molecule has 1 aromatic rings. The Morgan fingerprint density at radius 2 is 2.06 bits per heavy atom. The van der Waals surface area contributed by atoms with Gasteiger partial charge in [-0.15, -0.1) is 10.2 Å². The average molecular weight is 220 g/mol. The first-order chi connectivity index (χ1) is 7.75. The number of aromatic nitrogens is 3. The molecule has 0 saturated heterocycles. The Morgan fingerprint density at radius 3 is 2.75 bits per heavy atom. The molecule has 3 rings (SSSR count). The van der Waals surface area contributed by atoms with Crippen molar-refractivity contribution in [3.63, 3.8) is 0 Å². The Morgan fingerprint density at radius 1 is 1.31 bits per heavy atom. The topological polar surface area (TPSA) is 56.7 Å². The van der Waals surface area contributed by atoms with Crippen LogP contribution in [0.1, 0.15) is 62.5 Å². The summed E-state index contributed by atoms with van der Waals surface area (Å²) < 4.78 is 2.37. The van der Waals surface area contributed by atoms with Gasteiger partial charge in [0.15, 0.2) is 0 Å². The maximum Gasteiger partial charge on any atom is 0.136 e. The van der Waals surface area contributed by atoms with Gasteiger partial charge in [-0.2, -0.15) is 0 Å². The van der Waals surface area contributed by atoms with Gasteiger partial charge in [0.2, 0.25) is 0 Å². The van der Waals surface area contributed by atoms with Crippen LogP contribution in [0.5, 0.6) is 0 Å². The summed E-state index contributed by atoms with van der Waals surface area (Å²) in [6.45, 7) is 3.20. The van der Waals surface area contributed by atoms with E-state index in [4.69, 9.17) is 5.73 Å². The van der Waals surface area contributed by atoms with E-state index in [0.717, 1.165) is 13.0 Å². The predicted octanol–water partition coefficient (Wildman–Crippen LogP) is 1.77. The minimum absolute atomic E-state index is 0.262. The lowest BCUT2D eigenvalue weighted by molar-refractivity contribution is 0.400. The summed E-state index contributed by atoms with van der Waals surface area (Å²) in [4.78, 5) is 0. The zero-order chi connectivity index (χ0) is 11.1. The lowest BCUT2D eigenvalue weighted by Gasteiger charge is -2.24. The van der Waals surface area contributed by atoms with E-state index in [9.17, 15) is 0 Å². The maximum atomic E-state index is 5.90. The smallest absolute Gasteiger partial charge is 0.136 e. The van der Waals surface area contributed by atoms with Gasteiger partial charge in [-0.05, 0) is 39.0 Å². The van der Waals surface area contributed by atoms with Crippen molar-refractivity contribution in [2.75, 3.05) is 0 Å². The normalized spacial score (nSPS) is 26.5. The van der Waals surface area contributed by atoms with Gasteiger partial charge in [-0.1, -0.05) is 0 Å². The van der Waals surface area contributed by atoms with Crippen LogP contribution in [0.2, 0.25) is 0 Å². The Kier molecular flexibility index (Phi) is 2.46. The van der Waals surface area contributed by atoms with Crippen LogP contribution >= 0.6 is 0 Å². The summed E-state index contributed by atoms with van der Waals surface area (Å²) in [5.74, 6) is 3.68. The van der Waals surface area contributed by atoms with Crippen molar-refractivity contribution >= 4 is 0 Å². The van der Waals surface area contributed by atoms with Crippen molar-refractivity contribution in [1.29, 1.82) is 0 Å². The molecule has 0 amide bonds. The van der Waals surface area contributed by atoms with Crippen LogP contribution in [0.15, 0.2) is 0 Å². The second kappa shape index (κ2) is 3.84. The summed E-state index contributed by atoms with van der Waals surface area (Å²) in [6.07, 6.45) is 6.13. The Hall–Kier alpha value is -0.900. The fourth-order valence-electron chi connectivity index (χ4n) is 2.80. The highest BCUT2D eigenvalue weighted by atomic mass is 15.3. The van der Waals surface area contributed by atoms with Crippen molar-refractivity contribution in [1.82, 2.24) is 14.8 Å². The molecule has 1 fully saturated rings. The number of nitrogens with two attached hydrogens (primary N) is 1. The number of hydrogen-bond donors (Lipinski definition) is 1. The van der Waals surface area contributed by atoms with Crippen LogP contribution in [0.4, 0.5) is 0 Å². The predicted molar refractivity (Wildman–Crippen MR) is 62.2 cm³/mol. The molecule has 0 spiro atoms. The van der Waals surface area contributed by atoms with Crippen molar-refractivity contribution in [2.24, 2.45) is 5.73 Å². The lowest BCUT2D eigenvalue weighted by atomic mass is 9.92. The first-order valence-electron chi connectivity index (χ1n) is 6.44. The van der Waals surface area contributed by atoms with E-state index in [1.165, 1.54) is 37.3 Å². The van der Waals surface area contributed by atoms with Gasteiger partial charge >= 0.3 is 0 Å². The summed E-state index contributed by atoms with van der Waals surface area (Å²) in [7, 11) is 0. The Bertz CT molecular complexity index is 378. The van der Waals surface area contributed by atoms with E-state index in [0.29, 0.717) is 11.8 Å². The standard InChI is InChI=1S/C12H20N4/c1-8(13)7-10-3-2-6-16-11(9-4-5-9)14-15-12(10)16/h8-10H,2-7,13H2,1H3. The SMILES string of the molecule is CC(N)CC1CCCn2c(C3CC3)nnc21. The minimum atomic E-state index is 0.262. The molecule has 16 heavy (non-hydrogen) atoms. The van der Waals surface area contributed by atoms with E-state index in [1.807, 2.05) is 0 Å². The highest BCUT2D eigenvalue weighted by Crippen LogP contribution is 2.41. The molecule has 1 aliphatic heterocycles. The number of fused-ring (bicyclic) bond motifs is 1. The fourth-order valence-corrected chi connectivity index (χ4v) is 2.80. The molecule has 0 radical (unpaired) electrons. The van der Waals surface area contributed by atoms with Gasteiger partial charge < -0.3 is 10.3 Å². The van der Waals surface area contributed by atoms with Gasteiger partial charge in [0.05, 0.1) is 0 Å². The van der Waals surface area contributed by atoms with E-state index >= 15 is 0 Å². The molecule has 2 atom stereocenters. The van der Waals surface area contributed by atoms with E-state index in [1.54, 1.807) is 0 Å². The summed E-state index contributed by atoms with van der Waals surface area (Å²) in [5.41, 5.74) is 5.90. The third-order valence-electron chi connectivity index (χ3n) is 3.71. The van der Waals surface area contributed by atoms with Gasteiger partial charge in [-0.25, -0.2) is 0 Å². The quantitative estimate of drug-likeness (QED) is 0.844. The summed E-state index contributed by atoms with van der Waals surface area (Å²) in [5, 5.41) is 8.80. The molecule has 1 aliphatic carbocycles. The molecule has 2 aliphatic rings. The first-order valence-corrected chi connectivity index (χ1v) is 6.44. The molecule has 2 heterocycles. The molecule has 4 nitrogen and oxygen atoms in total. The van der Waals surface area contributed by atoms with Crippen molar-refractivity contribution < 1.29 is 0 Å². The molecule has 88 valence electrons. The third-order valence-corrected chi connectivity index (χ3v) is 3.71. The molecule has 1 aromatic heterocycles. The van der Waals surface area contributed by atoms with Gasteiger partial charge in [-0.3, -0.25) is 0 Å². The van der Waals surface area contributed by atoms with Crippen LogP contribution in [0, 0.1) is 0 Å². The number of nitrogens with zero attached hydrogens (tertiary/aromatic N) is 3. The van der Waals surface area contributed by atoms with E-state index in [2.05, 4.69) is 21.7 Å². The average Bonchev–Trinajstić information content (AvgIpc) is 2.98. The maximum absolute atomic E-state index is 5.90. The first kappa shape index (κ1) is 10.3. The van der Waals surface area contributed by atoms with Gasteiger partial charge in [0.1, 0.15) is 11.6 Å². The van der Waals surface area contributed by atoms with Crippen molar-refractivity contribution in [3.8, 4) is 0 Å². The van der Waals surface area contributed by atoms with Crippen LogP contribution in [0.25, 0.3) is 0 Å². The molecular formula is C12H20N4. The van der Waals surface area contributed by atoms with Gasteiger partial charge in [0, 0.05) is 24.4 Å². The molecule has 2 N–H and O–H groups in total. The zero-order valence-electron chi connectivity index (χ0n) is 9.89. The summed E-state index contributed by atoms with van der Waals surface area (Å²) >= 11 is 0. The van der Waals surface area contributed by atoms with Gasteiger partial charge in [0.25, 0.3) is 0 Å². The van der Waals surface area contributed by atoms with Crippen molar-refractivity contribution in [2.45, 2.75) is 63.5 Å². The summed E-state index contributed by atoms with van der Waals surface area (Å²) in [6, 6.07) is 0.262. The van der Waals surface area contributed by atoms with Crippen molar-refractivity contribution in [3.05, 3.63) is 11.6 Å². The number of rotatable bonds is 3. The lowest BCUT2D eigenvalue weighted by Crippen LogP contribution is -2.24. The number of hydrogen-bond acceptors (Lipinski definition) is 3. The highest BCUT2D eigenvalue weighted by molar-refractivity contribution is 5.12. The van der Waals surface area contributed by atoms with Crippen LogP contribution in [0.3, 0.4) is 0 Å². The second-order valence-electron chi connectivity index (χ2n) is 5.39. The molecule has 2 unspecified atom stereocenters. The molecule has 0 bridgehead atoms. The fraction of sp³-hybridized carbons (Fsp3) is 0.833. The molecular weight excluding hydrogens is 200 g/mol. The molecule has 0 aromatic carbocycles. The zero-order valence-corrected chi connectivity index (χ0v) is 9.89. The van der Waals surface area contributed by atoms with Crippen LogP contribution in [-0.4, -0.2) is 20.8 Å². The molecule has 1 saturated carbocycles. The molecule has 4 heteroatoms. The minimum Gasteiger partial charge on any atom is -0.328 e. The Balaban J connectivity index is 1.87. The largest absolute Gasteiger partial charge is 0.328 e. The van der Waals surface area contributed by atoms with Crippen LogP contribution < -0.4 is 5.73 Å². The van der Waals surface area contributed by atoms with Crippen LogP contribution in [-0.2, 0) is 6.54 Å². The monoisotopic (exact) mass is 220 g/mol. The van der Waals surface area contributed by atoms with E-state index in [-0.39, 0.29) is 6.04 Å². The third kappa shape index (κ3) is 1.75. The highest BCUT2D eigenvalue weighted by Gasteiger charge is 2.33.